The summed E-state index contributed by atoms with van der Waals surface area (Å²) in [4.78, 5) is 4.12. The van der Waals surface area contributed by atoms with Crippen LogP contribution in [0.4, 0.5) is 4.39 Å². The number of nitrogens with zero attached hydrogens (tertiary/aromatic N) is 2. The van der Waals surface area contributed by atoms with Crippen LogP contribution in [-0.4, -0.2) is 18.6 Å². The first-order valence-electron chi connectivity index (χ1n) is 7.32. The first-order chi connectivity index (χ1) is 10.8. The standard InChI is InChI=1S/C15H18ClFN2O3S/c1-3-4-8-14-18-15(22-19-14)10(2)23(20,21)9-11-12(16)6-5-7-13(11)17/h5-7,10H,3-4,8-9H2,1-2H3/t10-/m1/s1. The summed E-state index contributed by atoms with van der Waals surface area (Å²) in [5.41, 5.74) is -0.0493. The first kappa shape index (κ1) is 17.9. The number of halogens is 2. The van der Waals surface area contributed by atoms with Gasteiger partial charge < -0.3 is 4.52 Å². The molecule has 1 aromatic heterocycles. The van der Waals surface area contributed by atoms with Gasteiger partial charge in [0.1, 0.15) is 11.1 Å². The van der Waals surface area contributed by atoms with Gasteiger partial charge in [0, 0.05) is 17.0 Å². The van der Waals surface area contributed by atoms with Crippen molar-refractivity contribution in [2.24, 2.45) is 0 Å². The number of benzene rings is 1. The Balaban J connectivity index is 2.20. The number of sulfone groups is 1. The second-order valence-electron chi connectivity index (χ2n) is 5.30. The quantitative estimate of drug-likeness (QED) is 0.749. The average molecular weight is 361 g/mol. The van der Waals surface area contributed by atoms with E-state index in [1.54, 1.807) is 0 Å². The largest absolute Gasteiger partial charge is 0.338 e. The monoisotopic (exact) mass is 360 g/mol. The summed E-state index contributed by atoms with van der Waals surface area (Å²) in [5, 5.41) is 2.83. The third-order valence-electron chi connectivity index (χ3n) is 3.53. The van der Waals surface area contributed by atoms with Crippen LogP contribution in [0.25, 0.3) is 0 Å². The molecule has 0 aliphatic rings. The third-order valence-corrected chi connectivity index (χ3v) is 5.86. The van der Waals surface area contributed by atoms with Crippen molar-refractivity contribution in [3.63, 3.8) is 0 Å². The van der Waals surface area contributed by atoms with Crippen molar-refractivity contribution < 1.29 is 17.3 Å². The van der Waals surface area contributed by atoms with Crippen molar-refractivity contribution in [2.45, 2.75) is 44.1 Å². The van der Waals surface area contributed by atoms with E-state index in [0.717, 1.165) is 12.8 Å². The fourth-order valence-corrected chi connectivity index (χ4v) is 3.68. The Morgan fingerprint density at radius 1 is 1.39 bits per heavy atom. The lowest BCUT2D eigenvalue weighted by Gasteiger charge is -2.10. The van der Waals surface area contributed by atoms with Gasteiger partial charge in [0.2, 0.25) is 5.89 Å². The van der Waals surface area contributed by atoms with E-state index in [2.05, 4.69) is 10.1 Å². The maximum atomic E-state index is 13.8. The molecule has 126 valence electrons. The molecular weight excluding hydrogens is 343 g/mol. The highest BCUT2D eigenvalue weighted by Gasteiger charge is 2.30. The molecule has 0 saturated heterocycles. The van der Waals surface area contributed by atoms with Crippen molar-refractivity contribution >= 4 is 21.4 Å². The van der Waals surface area contributed by atoms with Crippen LogP contribution in [0.5, 0.6) is 0 Å². The molecule has 0 spiro atoms. The predicted molar refractivity (Wildman–Crippen MR) is 85.4 cm³/mol. The molecule has 0 fully saturated rings. The summed E-state index contributed by atoms with van der Waals surface area (Å²) in [6, 6.07) is 4.06. The highest BCUT2D eigenvalue weighted by molar-refractivity contribution is 7.90. The van der Waals surface area contributed by atoms with Gasteiger partial charge in [-0.15, -0.1) is 0 Å². The molecule has 0 radical (unpaired) electrons. The lowest BCUT2D eigenvalue weighted by molar-refractivity contribution is 0.370. The molecule has 5 nitrogen and oxygen atoms in total. The minimum Gasteiger partial charge on any atom is -0.338 e. The summed E-state index contributed by atoms with van der Waals surface area (Å²) < 4.78 is 43.8. The number of aryl methyl sites for hydroxylation is 1. The molecule has 1 atom stereocenters. The molecule has 0 aliphatic heterocycles. The lowest BCUT2D eigenvalue weighted by atomic mass is 10.2. The van der Waals surface area contributed by atoms with E-state index in [0.29, 0.717) is 12.2 Å². The summed E-state index contributed by atoms with van der Waals surface area (Å²) in [6.07, 6.45) is 2.50. The van der Waals surface area contributed by atoms with Crippen LogP contribution in [0, 0.1) is 5.82 Å². The van der Waals surface area contributed by atoms with E-state index < -0.39 is 26.7 Å². The first-order valence-corrected chi connectivity index (χ1v) is 9.41. The maximum absolute atomic E-state index is 13.8. The Hall–Kier alpha value is -1.47. The fraction of sp³-hybridized carbons (Fsp3) is 0.467. The van der Waals surface area contributed by atoms with Crippen LogP contribution in [0.2, 0.25) is 5.02 Å². The predicted octanol–water partition coefficient (Wildman–Crippen LogP) is 3.88. The van der Waals surface area contributed by atoms with Crippen molar-refractivity contribution in [2.75, 3.05) is 0 Å². The SMILES string of the molecule is CCCCc1noc([C@@H](C)S(=O)(=O)Cc2c(F)cccc2Cl)n1. The second kappa shape index (κ2) is 7.40. The number of unbranched alkanes of at least 4 members (excludes halogenated alkanes) is 1. The fourth-order valence-electron chi connectivity index (χ4n) is 2.02. The Bertz CT molecular complexity index is 757. The normalized spacial score (nSPS) is 13.2. The maximum Gasteiger partial charge on any atom is 0.244 e. The van der Waals surface area contributed by atoms with Crippen molar-refractivity contribution in [1.29, 1.82) is 0 Å². The van der Waals surface area contributed by atoms with Gasteiger partial charge in [-0.2, -0.15) is 4.98 Å². The molecule has 2 aromatic rings. The zero-order valence-electron chi connectivity index (χ0n) is 12.9. The van der Waals surface area contributed by atoms with Crippen LogP contribution in [-0.2, 0) is 22.0 Å². The van der Waals surface area contributed by atoms with E-state index in [4.69, 9.17) is 16.1 Å². The third kappa shape index (κ3) is 4.29. The van der Waals surface area contributed by atoms with Gasteiger partial charge in [-0.1, -0.05) is 36.2 Å². The zero-order valence-corrected chi connectivity index (χ0v) is 14.5. The van der Waals surface area contributed by atoms with E-state index >= 15 is 0 Å². The van der Waals surface area contributed by atoms with Crippen LogP contribution < -0.4 is 0 Å². The molecule has 2 rings (SSSR count). The van der Waals surface area contributed by atoms with Crippen LogP contribution in [0.15, 0.2) is 22.7 Å². The van der Waals surface area contributed by atoms with Gasteiger partial charge >= 0.3 is 0 Å². The summed E-state index contributed by atoms with van der Waals surface area (Å²) in [6.45, 7) is 3.48. The molecule has 0 aliphatic carbocycles. The zero-order chi connectivity index (χ0) is 17.0. The van der Waals surface area contributed by atoms with E-state index in [9.17, 15) is 12.8 Å². The van der Waals surface area contributed by atoms with Gasteiger partial charge in [-0.3, -0.25) is 0 Å². The second-order valence-corrected chi connectivity index (χ2v) is 8.03. The molecule has 1 heterocycles. The summed E-state index contributed by atoms with van der Waals surface area (Å²) in [7, 11) is -3.74. The molecule has 23 heavy (non-hydrogen) atoms. The van der Waals surface area contributed by atoms with Gasteiger partial charge in [0.05, 0.1) is 5.75 Å². The minimum atomic E-state index is -3.74. The molecule has 8 heteroatoms. The van der Waals surface area contributed by atoms with E-state index in [1.807, 2.05) is 6.92 Å². The molecule has 0 unspecified atom stereocenters. The minimum absolute atomic E-state index is 0.0172. The molecule has 0 amide bonds. The average Bonchev–Trinajstić information content (AvgIpc) is 2.97. The van der Waals surface area contributed by atoms with Gasteiger partial charge in [0.25, 0.3) is 0 Å². The van der Waals surface area contributed by atoms with Gasteiger partial charge in [-0.25, -0.2) is 12.8 Å². The Morgan fingerprint density at radius 2 is 2.13 bits per heavy atom. The van der Waals surface area contributed by atoms with Gasteiger partial charge in [-0.05, 0) is 25.5 Å². The topological polar surface area (TPSA) is 73.1 Å². The highest BCUT2D eigenvalue weighted by Crippen LogP contribution is 2.28. The molecule has 0 N–H and O–H groups in total. The van der Waals surface area contributed by atoms with E-state index in [-0.39, 0.29) is 16.5 Å². The van der Waals surface area contributed by atoms with Crippen LogP contribution in [0.1, 0.15) is 49.2 Å². The highest BCUT2D eigenvalue weighted by atomic mass is 35.5. The number of hydrogen-bond acceptors (Lipinski definition) is 5. The number of rotatable bonds is 7. The van der Waals surface area contributed by atoms with Crippen molar-refractivity contribution in [3.8, 4) is 0 Å². The van der Waals surface area contributed by atoms with Crippen LogP contribution >= 0.6 is 11.6 Å². The molecule has 0 saturated carbocycles. The molecule has 0 bridgehead atoms. The smallest absolute Gasteiger partial charge is 0.244 e. The van der Waals surface area contributed by atoms with Crippen LogP contribution in [0.3, 0.4) is 0 Å². The van der Waals surface area contributed by atoms with Crippen molar-refractivity contribution in [3.05, 3.63) is 46.3 Å². The molecule has 1 aromatic carbocycles. The Labute approximate surface area is 139 Å². The van der Waals surface area contributed by atoms with E-state index in [1.165, 1.54) is 25.1 Å². The Kier molecular flexibility index (Phi) is 5.75. The number of hydrogen-bond donors (Lipinski definition) is 0. The summed E-state index contributed by atoms with van der Waals surface area (Å²) >= 11 is 5.89. The number of aromatic nitrogens is 2. The summed E-state index contributed by atoms with van der Waals surface area (Å²) in [5.74, 6) is -0.675. The Morgan fingerprint density at radius 3 is 2.78 bits per heavy atom. The lowest BCUT2D eigenvalue weighted by Crippen LogP contribution is -2.14. The van der Waals surface area contributed by atoms with Gasteiger partial charge in [0.15, 0.2) is 15.7 Å². The molecular formula is C15H18ClFN2O3S. The van der Waals surface area contributed by atoms with Crippen molar-refractivity contribution in [1.82, 2.24) is 10.1 Å².